The van der Waals surface area contributed by atoms with Crippen LogP contribution in [0.25, 0.3) is 6.08 Å². The van der Waals surface area contributed by atoms with Crippen molar-refractivity contribution in [1.29, 1.82) is 0 Å². The van der Waals surface area contributed by atoms with Crippen LogP contribution in [0.3, 0.4) is 0 Å². The summed E-state index contributed by atoms with van der Waals surface area (Å²) in [6.07, 6.45) is 1.74. The molecule has 0 fully saturated rings. The number of rotatable bonds is 2. The van der Waals surface area contributed by atoms with Crippen LogP contribution in [0.5, 0.6) is 17.2 Å². The number of phenols is 1. The lowest BCUT2D eigenvalue weighted by atomic mass is 9.98. The van der Waals surface area contributed by atoms with Gasteiger partial charge in [0.25, 0.3) is 0 Å². The fraction of sp³-hybridized carbons (Fsp3) is 0.118. The Morgan fingerprint density at radius 1 is 1.27 bits per heavy atom. The highest BCUT2D eigenvalue weighted by Crippen LogP contribution is 2.32. The Hall–Kier alpha value is -2.27. The molecule has 0 aliphatic carbocycles. The van der Waals surface area contributed by atoms with E-state index in [0.717, 1.165) is 10.0 Å². The predicted octanol–water partition coefficient (Wildman–Crippen LogP) is 3.82. The molecule has 0 amide bonds. The van der Waals surface area contributed by atoms with Crippen LogP contribution in [0, 0.1) is 0 Å². The minimum absolute atomic E-state index is 0.0603. The molecule has 0 aromatic heterocycles. The maximum atomic E-state index is 12.5. The first-order chi connectivity index (χ1) is 10.6. The maximum Gasteiger partial charge on any atom is 0.196 e. The van der Waals surface area contributed by atoms with Gasteiger partial charge in [-0.2, -0.15) is 0 Å². The molecular weight excluding hydrogens is 348 g/mol. The number of aromatic hydroxyl groups is 1. The second-order valence-electron chi connectivity index (χ2n) is 4.86. The van der Waals surface area contributed by atoms with Crippen LogP contribution in [-0.4, -0.2) is 24.6 Å². The number of carbonyl (C=O) groups excluding carboxylic acids is 1. The maximum absolute atomic E-state index is 12.5. The number of Topliss-reactive ketones (excluding diaryl/α,β-unsaturated/α-hetero) is 1. The lowest BCUT2D eigenvalue weighted by Crippen LogP contribution is -2.19. The molecule has 0 spiro atoms. The van der Waals surface area contributed by atoms with Gasteiger partial charge in [-0.15, -0.1) is 0 Å². The lowest BCUT2D eigenvalue weighted by molar-refractivity contribution is 0.100. The summed E-state index contributed by atoms with van der Waals surface area (Å²) in [5.41, 5.74) is 1.86. The first-order valence-corrected chi connectivity index (χ1v) is 7.42. The highest BCUT2D eigenvalue weighted by molar-refractivity contribution is 9.10. The van der Waals surface area contributed by atoms with Gasteiger partial charge in [0.2, 0.25) is 0 Å². The number of hydrogen-bond acceptors (Lipinski definition) is 4. The van der Waals surface area contributed by atoms with E-state index in [9.17, 15) is 9.90 Å². The first kappa shape index (κ1) is 14.7. The van der Waals surface area contributed by atoms with Crippen molar-refractivity contribution in [3.8, 4) is 17.2 Å². The van der Waals surface area contributed by atoms with Gasteiger partial charge in [-0.25, -0.2) is 0 Å². The van der Waals surface area contributed by atoms with Crippen LogP contribution in [-0.2, 0) is 0 Å². The summed E-state index contributed by atoms with van der Waals surface area (Å²) in [6.45, 7) is 0.219. The van der Waals surface area contributed by atoms with Crippen LogP contribution in [0.15, 0.2) is 46.4 Å². The van der Waals surface area contributed by atoms with Crippen molar-refractivity contribution >= 4 is 27.8 Å². The molecule has 2 aromatic carbocycles. The molecule has 0 saturated carbocycles. The quantitative estimate of drug-likeness (QED) is 0.827. The van der Waals surface area contributed by atoms with E-state index in [1.165, 1.54) is 13.2 Å². The summed E-state index contributed by atoms with van der Waals surface area (Å²) in [4.78, 5) is 12.5. The van der Waals surface area contributed by atoms with Crippen LogP contribution in [0.4, 0.5) is 0 Å². The molecule has 0 atom stereocenters. The number of ether oxygens (including phenoxy) is 2. The zero-order chi connectivity index (χ0) is 15.7. The molecule has 1 aliphatic rings. The normalized spacial score (nSPS) is 15.4. The summed E-state index contributed by atoms with van der Waals surface area (Å²) < 4.78 is 11.5. The molecule has 1 heterocycles. The standard InChI is InChI=1S/C17H13BrO4/c1-21-16-7-10(2-4-14(16)19)6-11-9-22-15-5-3-12(18)8-13(15)17(11)20/h2-8,19H,9H2,1H3/b11-6-. The van der Waals surface area contributed by atoms with Gasteiger partial charge in [0.1, 0.15) is 12.4 Å². The molecule has 0 radical (unpaired) electrons. The zero-order valence-electron chi connectivity index (χ0n) is 11.8. The third-order valence-corrected chi connectivity index (χ3v) is 3.90. The van der Waals surface area contributed by atoms with E-state index in [4.69, 9.17) is 9.47 Å². The number of benzene rings is 2. The van der Waals surface area contributed by atoms with Gasteiger partial charge in [-0.1, -0.05) is 22.0 Å². The van der Waals surface area contributed by atoms with E-state index in [0.29, 0.717) is 22.6 Å². The third kappa shape index (κ3) is 2.72. The molecule has 1 N–H and O–H groups in total. The second-order valence-corrected chi connectivity index (χ2v) is 5.77. The average Bonchev–Trinajstić information content (AvgIpc) is 2.52. The third-order valence-electron chi connectivity index (χ3n) is 3.41. The monoisotopic (exact) mass is 360 g/mol. The van der Waals surface area contributed by atoms with E-state index >= 15 is 0 Å². The van der Waals surface area contributed by atoms with Crippen LogP contribution < -0.4 is 9.47 Å². The molecule has 2 aromatic rings. The molecule has 0 saturated heterocycles. The van der Waals surface area contributed by atoms with E-state index in [-0.39, 0.29) is 18.1 Å². The Bertz CT molecular complexity index is 780. The summed E-state index contributed by atoms with van der Waals surface area (Å²) in [5.74, 6) is 0.954. The molecular formula is C17H13BrO4. The number of carbonyl (C=O) groups is 1. The zero-order valence-corrected chi connectivity index (χ0v) is 13.4. The van der Waals surface area contributed by atoms with Crippen LogP contribution in [0.2, 0.25) is 0 Å². The van der Waals surface area contributed by atoms with Crippen molar-refractivity contribution in [1.82, 2.24) is 0 Å². The van der Waals surface area contributed by atoms with E-state index in [1.807, 2.05) is 6.07 Å². The first-order valence-electron chi connectivity index (χ1n) is 6.63. The number of ketones is 1. The fourth-order valence-electron chi connectivity index (χ4n) is 2.29. The number of phenolic OH excluding ortho intramolecular Hbond substituents is 1. The Morgan fingerprint density at radius 2 is 2.09 bits per heavy atom. The topological polar surface area (TPSA) is 55.8 Å². The van der Waals surface area contributed by atoms with E-state index in [2.05, 4.69) is 15.9 Å². The highest BCUT2D eigenvalue weighted by Gasteiger charge is 2.23. The minimum Gasteiger partial charge on any atom is -0.504 e. The average molecular weight is 361 g/mol. The summed E-state index contributed by atoms with van der Waals surface area (Å²) in [6, 6.07) is 10.3. The number of halogens is 1. The Kier molecular flexibility index (Phi) is 3.90. The number of fused-ring (bicyclic) bond motifs is 1. The van der Waals surface area contributed by atoms with Gasteiger partial charge >= 0.3 is 0 Å². The van der Waals surface area contributed by atoms with Gasteiger partial charge < -0.3 is 14.6 Å². The van der Waals surface area contributed by atoms with Gasteiger partial charge in [0.15, 0.2) is 17.3 Å². The van der Waals surface area contributed by atoms with Crippen molar-refractivity contribution in [2.75, 3.05) is 13.7 Å². The van der Waals surface area contributed by atoms with Crippen molar-refractivity contribution in [2.45, 2.75) is 0 Å². The van der Waals surface area contributed by atoms with Gasteiger partial charge in [-0.05, 0) is 42.0 Å². The number of methoxy groups -OCH3 is 1. The van der Waals surface area contributed by atoms with Crippen molar-refractivity contribution in [2.24, 2.45) is 0 Å². The molecule has 22 heavy (non-hydrogen) atoms. The van der Waals surface area contributed by atoms with E-state index in [1.54, 1.807) is 30.3 Å². The SMILES string of the molecule is COc1cc(/C=C2/COc3ccc(Br)cc3C2=O)ccc1O. The molecule has 0 bridgehead atoms. The van der Waals surface area contributed by atoms with Crippen LogP contribution in [0.1, 0.15) is 15.9 Å². The van der Waals surface area contributed by atoms with Gasteiger partial charge in [-0.3, -0.25) is 4.79 Å². The summed E-state index contributed by atoms with van der Waals surface area (Å²) in [7, 11) is 1.48. The van der Waals surface area contributed by atoms with Crippen molar-refractivity contribution < 1.29 is 19.4 Å². The van der Waals surface area contributed by atoms with Crippen LogP contribution >= 0.6 is 15.9 Å². The molecule has 112 valence electrons. The van der Waals surface area contributed by atoms with Gasteiger partial charge in [0.05, 0.1) is 12.7 Å². The Morgan fingerprint density at radius 3 is 2.86 bits per heavy atom. The highest BCUT2D eigenvalue weighted by atomic mass is 79.9. The molecule has 5 heteroatoms. The summed E-state index contributed by atoms with van der Waals surface area (Å²) in [5, 5.41) is 9.61. The largest absolute Gasteiger partial charge is 0.504 e. The lowest BCUT2D eigenvalue weighted by Gasteiger charge is -2.19. The fourth-order valence-corrected chi connectivity index (χ4v) is 2.65. The van der Waals surface area contributed by atoms with Crippen molar-refractivity contribution in [3.63, 3.8) is 0 Å². The molecule has 4 nitrogen and oxygen atoms in total. The van der Waals surface area contributed by atoms with Gasteiger partial charge in [0, 0.05) is 10.0 Å². The Labute approximate surface area is 136 Å². The van der Waals surface area contributed by atoms with E-state index < -0.39 is 0 Å². The van der Waals surface area contributed by atoms with Crippen molar-refractivity contribution in [3.05, 3.63) is 57.6 Å². The predicted molar refractivity (Wildman–Crippen MR) is 86.6 cm³/mol. The molecule has 3 rings (SSSR count). The number of hydrogen-bond donors (Lipinski definition) is 1. The molecule has 0 unspecified atom stereocenters. The Balaban J connectivity index is 1.98. The summed E-state index contributed by atoms with van der Waals surface area (Å²) >= 11 is 3.36. The molecule has 1 aliphatic heterocycles. The minimum atomic E-state index is -0.0606. The smallest absolute Gasteiger partial charge is 0.196 e. The second kappa shape index (κ2) is 5.85.